The maximum Gasteiger partial charge on any atom is 0.326 e. The van der Waals surface area contributed by atoms with Gasteiger partial charge in [0.15, 0.2) is 0 Å². The first-order valence-corrected chi connectivity index (χ1v) is 7.35. The molecule has 0 fully saturated rings. The summed E-state index contributed by atoms with van der Waals surface area (Å²) >= 11 is 2.98. The summed E-state index contributed by atoms with van der Waals surface area (Å²) in [5.41, 5.74) is -0.505. The van der Waals surface area contributed by atoms with E-state index in [0.717, 1.165) is 4.21 Å². The van der Waals surface area contributed by atoms with E-state index in [9.17, 15) is 9.59 Å². The molecule has 6 heteroatoms. The van der Waals surface area contributed by atoms with Crippen LogP contribution in [0.15, 0.2) is 21.7 Å². The molecule has 0 aliphatic carbocycles. The number of hydrogen-bond donors (Lipinski definition) is 2. The minimum absolute atomic E-state index is 0.236. The van der Waals surface area contributed by atoms with E-state index in [0.29, 0.717) is 0 Å². The van der Waals surface area contributed by atoms with Crippen LogP contribution < -0.4 is 5.32 Å². The average molecular weight is 287 g/mol. The zero-order chi connectivity index (χ0) is 13.8. The third kappa shape index (κ3) is 4.70. The van der Waals surface area contributed by atoms with Crippen molar-refractivity contribution >= 4 is 35.0 Å². The van der Waals surface area contributed by atoms with Crippen molar-refractivity contribution in [2.75, 3.05) is 5.75 Å². The van der Waals surface area contributed by atoms with Crippen molar-refractivity contribution in [3.05, 3.63) is 17.5 Å². The summed E-state index contributed by atoms with van der Waals surface area (Å²) in [4.78, 5) is 22.8. The first-order valence-electron chi connectivity index (χ1n) is 5.49. The molecule has 18 heavy (non-hydrogen) atoms. The van der Waals surface area contributed by atoms with E-state index < -0.39 is 17.4 Å². The molecule has 1 aromatic rings. The maximum atomic E-state index is 11.7. The summed E-state index contributed by atoms with van der Waals surface area (Å²) in [5.74, 6) is -1.02. The van der Waals surface area contributed by atoms with Gasteiger partial charge in [-0.2, -0.15) is 0 Å². The lowest BCUT2D eigenvalue weighted by molar-refractivity contribution is -0.144. The average Bonchev–Trinajstić information content (AvgIpc) is 2.73. The Bertz CT molecular complexity index is 409. The van der Waals surface area contributed by atoms with Gasteiger partial charge in [-0.25, -0.2) is 4.79 Å². The molecular formula is C12H17NO3S2. The molecular weight excluding hydrogens is 270 g/mol. The van der Waals surface area contributed by atoms with Gasteiger partial charge in [0.25, 0.3) is 0 Å². The molecule has 100 valence electrons. The number of thioether (sulfide) groups is 1. The number of nitrogens with one attached hydrogen (secondary N) is 1. The topological polar surface area (TPSA) is 66.4 Å². The molecule has 0 aliphatic heterocycles. The Labute approximate surface area is 115 Å². The molecule has 0 aliphatic rings. The van der Waals surface area contributed by atoms with Crippen LogP contribution in [0, 0.1) is 5.41 Å². The van der Waals surface area contributed by atoms with Crippen LogP contribution in [0.25, 0.3) is 0 Å². The molecule has 0 bridgehead atoms. The van der Waals surface area contributed by atoms with Crippen LogP contribution in [0.2, 0.25) is 0 Å². The Hall–Kier alpha value is -1.01. The highest BCUT2D eigenvalue weighted by Gasteiger charge is 2.32. The van der Waals surface area contributed by atoms with Crippen molar-refractivity contribution in [3.63, 3.8) is 0 Å². The number of carbonyl (C=O) groups is 2. The molecule has 1 amide bonds. The second-order valence-corrected chi connectivity index (χ2v) is 7.15. The number of aliphatic carboxylic acids is 1. The predicted molar refractivity (Wildman–Crippen MR) is 74.1 cm³/mol. The fourth-order valence-electron chi connectivity index (χ4n) is 1.33. The molecule has 1 heterocycles. The van der Waals surface area contributed by atoms with E-state index in [4.69, 9.17) is 5.11 Å². The van der Waals surface area contributed by atoms with Crippen LogP contribution in [0.3, 0.4) is 0 Å². The van der Waals surface area contributed by atoms with Crippen molar-refractivity contribution in [1.82, 2.24) is 5.32 Å². The fourth-order valence-corrected chi connectivity index (χ4v) is 2.93. The van der Waals surface area contributed by atoms with Crippen LogP contribution in [0.4, 0.5) is 0 Å². The largest absolute Gasteiger partial charge is 0.480 e. The highest BCUT2D eigenvalue weighted by molar-refractivity contribution is 8.01. The lowest BCUT2D eigenvalue weighted by Gasteiger charge is -2.27. The molecule has 0 spiro atoms. The number of amides is 1. The van der Waals surface area contributed by atoms with Crippen molar-refractivity contribution in [2.45, 2.75) is 31.0 Å². The van der Waals surface area contributed by atoms with Crippen molar-refractivity contribution in [2.24, 2.45) is 5.41 Å². The Balaban J connectivity index is 2.49. The highest BCUT2D eigenvalue weighted by atomic mass is 32.2. The van der Waals surface area contributed by atoms with Gasteiger partial charge in [-0.1, -0.05) is 26.8 Å². The van der Waals surface area contributed by atoms with Crippen LogP contribution >= 0.6 is 23.1 Å². The van der Waals surface area contributed by atoms with Gasteiger partial charge in [0.2, 0.25) is 5.91 Å². The molecule has 0 radical (unpaired) electrons. The SMILES string of the molecule is CC(C)(C)C(NC(=O)CSc1cccs1)C(=O)O. The van der Waals surface area contributed by atoms with Gasteiger partial charge < -0.3 is 10.4 Å². The smallest absolute Gasteiger partial charge is 0.326 e. The van der Waals surface area contributed by atoms with E-state index >= 15 is 0 Å². The second-order valence-electron chi connectivity index (χ2n) is 4.93. The van der Waals surface area contributed by atoms with E-state index in [2.05, 4.69) is 5.32 Å². The lowest BCUT2D eigenvalue weighted by Crippen LogP contribution is -2.49. The predicted octanol–water partition coefficient (Wildman–Crippen LogP) is 2.46. The monoisotopic (exact) mass is 287 g/mol. The van der Waals surface area contributed by atoms with E-state index in [1.54, 1.807) is 32.1 Å². The summed E-state index contributed by atoms with van der Waals surface area (Å²) in [5, 5.41) is 13.6. The summed E-state index contributed by atoms with van der Waals surface area (Å²) in [7, 11) is 0. The first kappa shape index (κ1) is 15.0. The second kappa shape index (κ2) is 6.24. The zero-order valence-electron chi connectivity index (χ0n) is 10.6. The van der Waals surface area contributed by atoms with Gasteiger partial charge >= 0.3 is 5.97 Å². The molecule has 0 saturated carbocycles. The van der Waals surface area contributed by atoms with Crippen molar-refractivity contribution in [1.29, 1.82) is 0 Å². The number of thiophene rings is 1. The van der Waals surface area contributed by atoms with Gasteiger partial charge in [-0.15, -0.1) is 23.1 Å². The summed E-state index contributed by atoms with van der Waals surface area (Å²) < 4.78 is 1.05. The zero-order valence-corrected chi connectivity index (χ0v) is 12.2. The summed E-state index contributed by atoms with van der Waals surface area (Å²) in [6, 6.07) is 2.98. The Morgan fingerprint density at radius 3 is 2.61 bits per heavy atom. The van der Waals surface area contributed by atoms with Crippen LogP contribution in [-0.4, -0.2) is 28.8 Å². The number of hydrogen-bond acceptors (Lipinski definition) is 4. The summed E-state index contributed by atoms with van der Waals surface area (Å²) in [6.07, 6.45) is 0. The lowest BCUT2D eigenvalue weighted by atomic mass is 9.87. The first-order chi connectivity index (χ1) is 8.30. The Morgan fingerprint density at radius 2 is 2.17 bits per heavy atom. The van der Waals surface area contributed by atoms with Gasteiger partial charge in [0.1, 0.15) is 6.04 Å². The standard InChI is InChI=1S/C12H17NO3S2/c1-12(2,3)10(11(15)16)13-8(14)7-18-9-5-4-6-17-9/h4-6,10H,7H2,1-3H3,(H,13,14)(H,15,16). The number of carboxylic acids is 1. The highest BCUT2D eigenvalue weighted by Crippen LogP contribution is 2.24. The molecule has 0 saturated heterocycles. The third-order valence-electron chi connectivity index (χ3n) is 2.26. The minimum atomic E-state index is -1.00. The number of carboxylic acid groups (broad SMARTS) is 1. The molecule has 1 unspecified atom stereocenters. The Morgan fingerprint density at radius 1 is 1.50 bits per heavy atom. The minimum Gasteiger partial charge on any atom is -0.480 e. The van der Waals surface area contributed by atoms with Gasteiger partial charge in [0, 0.05) is 0 Å². The van der Waals surface area contributed by atoms with Crippen molar-refractivity contribution < 1.29 is 14.7 Å². The molecule has 0 aromatic carbocycles. The normalized spacial score (nSPS) is 13.1. The molecule has 1 rings (SSSR count). The van der Waals surface area contributed by atoms with E-state index in [1.807, 2.05) is 17.5 Å². The van der Waals surface area contributed by atoms with E-state index in [-0.39, 0.29) is 11.7 Å². The molecule has 2 N–H and O–H groups in total. The maximum absolute atomic E-state index is 11.7. The molecule has 1 atom stereocenters. The number of rotatable bonds is 5. The molecule has 1 aromatic heterocycles. The fraction of sp³-hybridized carbons (Fsp3) is 0.500. The van der Waals surface area contributed by atoms with Crippen LogP contribution in [0.5, 0.6) is 0 Å². The Kier molecular flexibility index (Phi) is 5.22. The van der Waals surface area contributed by atoms with Crippen molar-refractivity contribution in [3.8, 4) is 0 Å². The van der Waals surface area contributed by atoms with Crippen LogP contribution in [-0.2, 0) is 9.59 Å². The van der Waals surface area contributed by atoms with E-state index in [1.165, 1.54) is 11.8 Å². The van der Waals surface area contributed by atoms with Gasteiger partial charge in [-0.3, -0.25) is 4.79 Å². The molecule has 4 nitrogen and oxygen atoms in total. The number of carbonyl (C=O) groups excluding carboxylic acids is 1. The third-order valence-corrected chi connectivity index (χ3v) is 4.39. The quantitative estimate of drug-likeness (QED) is 0.816. The van der Waals surface area contributed by atoms with Gasteiger partial charge in [0.05, 0.1) is 9.96 Å². The summed E-state index contributed by atoms with van der Waals surface area (Å²) in [6.45, 7) is 5.37. The van der Waals surface area contributed by atoms with Gasteiger partial charge in [-0.05, 0) is 16.9 Å². The van der Waals surface area contributed by atoms with Crippen LogP contribution in [0.1, 0.15) is 20.8 Å².